The summed E-state index contributed by atoms with van der Waals surface area (Å²) < 4.78 is 4.29. The lowest BCUT2D eigenvalue weighted by Crippen LogP contribution is -2.44. The number of likely N-dealkylation sites (N-methyl/N-ethyl adjacent to an activating group) is 1. The Morgan fingerprint density at radius 3 is 2.41 bits per heavy atom. The van der Waals surface area contributed by atoms with Crippen LogP contribution >= 0.6 is 0 Å². The van der Waals surface area contributed by atoms with Crippen LogP contribution in [0.5, 0.6) is 0 Å². The third kappa shape index (κ3) is 4.43. The Hall–Kier alpha value is -3.82. The Labute approximate surface area is 186 Å². The highest BCUT2D eigenvalue weighted by Crippen LogP contribution is 2.20. The Morgan fingerprint density at radius 2 is 1.84 bits per heavy atom. The lowest BCUT2D eigenvalue weighted by atomic mass is 10.1. The molecule has 0 spiro atoms. The molecule has 0 unspecified atom stereocenters. The van der Waals surface area contributed by atoms with E-state index >= 15 is 0 Å². The van der Waals surface area contributed by atoms with Crippen molar-refractivity contribution in [2.75, 3.05) is 18.5 Å². The SMILES string of the molecule is CC#CCn1c(N(C)CC(C)(C)N)nc2c1c(=O)n(Cc1ccc(C#N)cc1)c(=O)n2C. The summed E-state index contributed by atoms with van der Waals surface area (Å²) in [5, 5.41) is 8.99. The molecule has 0 saturated carbocycles. The van der Waals surface area contributed by atoms with Crippen LogP contribution in [0.4, 0.5) is 5.95 Å². The van der Waals surface area contributed by atoms with Crippen molar-refractivity contribution in [1.82, 2.24) is 18.7 Å². The zero-order valence-corrected chi connectivity index (χ0v) is 19.0. The Balaban J connectivity index is 2.23. The van der Waals surface area contributed by atoms with E-state index in [1.807, 2.05) is 25.8 Å². The molecule has 9 nitrogen and oxygen atoms in total. The van der Waals surface area contributed by atoms with Crippen molar-refractivity contribution >= 4 is 17.1 Å². The molecule has 2 aromatic heterocycles. The van der Waals surface area contributed by atoms with Crippen molar-refractivity contribution in [1.29, 1.82) is 5.26 Å². The molecule has 32 heavy (non-hydrogen) atoms. The highest BCUT2D eigenvalue weighted by Gasteiger charge is 2.24. The molecule has 9 heteroatoms. The first kappa shape index (κ1) is 22.9. The number of imidazole rings is 1. The molecule has 0 radical (unpaired) electrons. The fraction of sp³-hybridized carbons (Fsp3) is 0.391. The molecule has 0 saturated heterocycles. The molecule has 3 aromatic rings. The van der Waals surface area contributed by atoms with E-state index in [9.17, 15) is 9.59 Å². The van der Waals surface area contributed by atoms with Gasteiger partial charge in [0.2, 0.25) is 5.95 Å². The van der Waals surface area contributed by atoms with Crippen LogP contribution < -0.4 is 21.9 Å². The van der Waals surface area contributed by atoms with E-state index < -0.39 is 16.8 Å². The maximum atomic E-state index is 13.5. The molecular weight excluding hydrogens is 406 g/mol. The molecular formula is C23H27N7O2. The van der Waals surface area contributed by atoms with Crippen molar-refractivity contribution in [3.63, 3.8) is 0 Å². The number of benzene rings is 1. The second-order valence-corrected chi connectivity index (χ2v) is 8.48. The van der Waals surface area contributed by atoms with Gasteiger partial charge in [-0.3, -0.25) is 18.5 Å². The van der Waals surface area contributed by atoms with Gasteiger partial charge in [0, 0.05) is 26.2 Å². The fourth-order valence-corrected chi connectivity index (χ4v) is 3.65. The Bertz CT molecular complexity index is 1370. The summed E-state index contributed by atoms with van der Waals surface area (Å²) in [5.74, 6) is 6.36. The van der Waals surface area contributed by atoms with E-state index in [0.717, 1.165) is 5.56 Å². The molecule has 0 bridgehead atoms. The summed E-state index contributed by atoms with van der Waals surface area (Å²) in [4.78, 5) is 33.0. The number of aromatic nitrogens is 4. The number of hydrogen-bond donors (Lipinski definition) is 1. The molecule has 2 heterocycles. The first-order valence-corrected chi connectivity index (χ1v) is 10.2. The summed E-state index contributed by atoms with van der Waals surface area (Å²) in [7, 11) is 3.44. The standard InChI is InChI=1S/C23H27N7O2/c1-6-7-12-29-18-19(26-21(29)27(4)15-23(2,3)25)28(5)22(32)30(20(18)31)14-17-10-8-16(13-24)9-11-17/h8-11H,12,14-15,25H2,1-5H3. The molecule has 3 rings (SSSR count). The van der Waals surface area contributed by atoms with Gasteiger partial charge in [-0.05, 0) is 38.5 Å². The number of nitrogens with zero attached hydrogens (tertiary/aromatic N) is 6. The average molecular weight is 434 g/mol. The lowest BCUT2D eigenvalue weighted by molar-refractivity contribution is 0.512. The van der Waals surface area contributed by atoms with Crippen LogP contribution in [-0.2, 0) is 20.1 Å². The van der Waals surface area contributed by atoms with Crippen molar-refractivity contribution in [2.45, 2.75) is 39.4 Å². The van der Waals surface area contributed by atoms with Gasteiger partial charge in [-0.15, -0.1) is 5.92 Å². The summed E-state index contributed by atoms with van der Waals surface area (Å²) in [6.07, 6.45) is 0. The third-order valence-electron chi connectivity index (χ3n) is 5.04. The summed E-state index contributed by atoms with van der Waals surface area (Å²) >= 11 is 0. The highest BCUT2D eigenvalue weighted by atomic mass is 16.2. The molecule has 1 aromatic carbocycles. The van der Waals surface area contributed by atoms with Crippen LogP contribution in [0.1, 0.15) is 31.9 Å². The van der Waals surface area contributed by atoms with Crippen LogP contribution in [0.3, 0.4) is 0 Å². The number of anilines is 1. The second-order valence-electron chi connectivity index (χ2n) is 8.48. The normalized spacial score (nSPS) is 11.2. The summed E-state index contributed by atoms with van der Waals surface area (Å²) in [6, 6.07) is 8.84. The monoisotopic (exact) mass is 433 g/mol. The van der Waals surface area contributed by atoms with Crippen molar-refractivity contribution in [3.05, 3.63) is 56.2 Å². The molecule has 0 amide bonds. The highest BCUT2D eigenvalue weighted by molar-refractivity contribution is 5.74. The minimum atomic E-state index is -0.490. The van der Waals surface area contributed by atoms with Gasteiger partial charge in [0.25, 0.3) is 5.56 Å². The van der Waals surface area contributed by atoms with E-state index in [-0.39, 0.29) is 13.1 Å². The van der Waals surface area contributed by atoms with Gasteiger partial charge in [-0.1, -0.05) is 18.1 Å². The molecule has 0 atom stereocenters. The van der Waals surface area contributed by atoms with Crippen molar-refractivity contribution < 1.29 is 0 Å². The zero-order valence-electron chi connectivity index (χ0n) is 19.0. The minimum Gasteiger partial charge on any atom is -0.343 e. The second kappa shape index (κ2) is 8.74. The summed E-state index contributed by atoms with van der Waals surface area (Å²) in [5.41, 5.74) is 6.64. The number of rotatable bonds is 6. The van der Waals surface area contributed by atoms with E-state index in [1.54, 1.807) is 42.8 Å². The van der Waals surface area contributed by atoms with E-state index in [1.165, 1.54) is 9.13 Å². The van der Waals surface area contributed by atoms with E-state index in [2.05, 4.69) is 22.9 Å². The average Bonchev–Trinajstić information content (AvgIpc) is 3.13. The van der Waals surface area contributed by atoms with Gasteiger partial charge in [0.1, 0.15) is 0 Å². The predicted molar refractivity (Wildman–Crippen MR) is 124 cm³/mol. The van der Waals surface area contributed by atoms with Gasteiger partial charge < -0.3 is 10.6 Å². The van der Waals surface area contributed by atoms with Gasteiger partial charge in [0.05, 0.1) is 24.7 Å². The van der Waals surface area contributed by atoms with Crippen molar-refractivity contribution in [3.8, 4) is 17.9 Å². The molecule has 0 aliphatic carbocycles. The van der Waals surface area contributed by atoms with Gasteiger partial charge in [-0.25, -0.2) is 4.79 Å². The van der Waals surface area contributed by atoms with Crippen LogP contribution in [0.2, 0.25) is 0 Å². The lowest BCUT2D eigenvalue weighted by Gasteiger charge is -2.27. The number of nitrogens with two attached hydrogens (primary N) is 1. The fourth-order valence-electron chi connectivity index (χ4n) is 3.65. The van der Waals surface area contributed by atoms with Gasteiger partial charge in [0.15, 0.2) is 11.2 Å². The number of nitriles is 1. The zero-order chi connectivity index (χ0) is 23.6. The first-order chi connectivity index (χ1) is 15.1. The van der Waals surface area contributed by atoms with Crippen LogP contribution in [0.15, 0.2) is 33.9 Å². The van der Waals surface area contributed by atoms with E-state index in [0.29, 0.717) is 29.2 Å². The van der Waals surface area contributed by atoms with Crippen molar-refractivity contribution in [2.24, 2.45) is 12.8 Å². The molecule has 2 N–H and O–H groups in total. The molecule has 0 fully saturated rings. The van der Waals surface area contributed by atoms with Crippen LogP contribution in [-0.4, -0.2) is 37.8 Å². The van der Waals surface area contributed by atoms with Gasteiger partial charge in [-0.2, -0.15) is 10.2 Å². The molecule has 166 valence electrons. The smallest absolute Gasteiger partial charge is 0.332 e. The number of aryl methyl sites for hydroxylation is 1. The molecule has 0 aliphatic heterocycles. The maximum absolute atomic E-state index is 13.5. The Morgan fingerprint density at radius 1 is 1.19 bits per heavy atom. The molecule has 0 aliphatic rings. The van der Waals surface area contributed by atoms with Crippen LogP contribution in [0.25, 0.3) is 11.2 Å². The number of fused-ring (bicyclic) bond motifs is 1. The predicted octanol–water partition coefficient (Wildman–Crippen LogP) is 1.01. The third-order valence-corrected chi connectivity index (χ3v) is 5.04. The largest absolute Gasteiger partial charge is 0.343 e. The quantitative estimate of drug-likeness (QED) is 0.580. The Kier molecular flexibility index (Phi) is 6.24. The summed E-state index contributed by atoms with van der Waals surface area (Å²) in [6.45, 7) is 6.36. The minimum absolute atomic E-state index is 0.0821. The van der Waals surface area contributed by atoms with Crippen LogP contribution in [0, 0.1) is 23.2 Å². The first-order valence-electron chi connectivity index (χ1n) is 10.2. The topological polar surface area (TPSA) is 115 Å². The maximum Gasteiger partial charge on any atom is 0.332 e. The number of hydrogen-bond acceptors (Lipinski definition) is 6. The van der Waals surface area contributed by atoms with E-state index in [4.69, 9.17) is 11.0 Å². The van der Waals surface area contributed by atoms with Gasteiger partial charge >= 0.3 is 5.69 Å².